The Morgan fingerprint density at radius 1 is 1.28 bits per heavy atom. The number of halogens is 1. The van der Waals surface area contributed by atoms with Crippen LogP contribution in [0.15, 0.2) is 41.1 Å². The molecule has 0 radical (unpaired) electrons. The summed E-state index contributed by atoms with van der Waals surface area (Å²) in [4.78, 5) is 22.4. The predicted octanol–water partition coefficient (Wildman–Crippen LogP) is 3.00. The third-order valence-corrected chi connectivity index (χ3v) is 4.39. The number of piperidine rings is 1. The second-order valence-corrected chi connectivity index (χ2v) is 6.92. The Hall–Kier alpha value is -2.15. The van der Waals surface area contributed by atoms with Gasteiger partial charge in [-0.05, 0) is 47.8 Å². The summed E-state index contributed by atoms with van der Waals surface area (Å²) < 4.78 is 12.2. The highest BCUT2D eigenvalue weighted by molar-refractivity contribution is 9.10. The number of aromatic nitrogens is 2. The van der Waals surface area contributed by atoms with Crippen molar-refractivity contribution < 1.29 is 14.3 Å². The van der Waals surface area contributed by atoms with Gasteiger partial charge < -0.3 is 14.4 Å². The summed E-state index contributed by atoms with van der Waals surface area (Å²) in [6, 6.07) is 8.00. The zero-order chi connectivity index (χ0) is 17.6. The van der Waals surface area contributed by atoms with E-state index in [0.717, 1.165) is 29.4 Å². The molecule has 1 fully saturated rings. The minimum Gasteiger partial charge on any atom is -0.484 e. The zero-order valence-corrected chi connectivity index (χ0v) is 15.6. The van der Waals surface area contributed by atoms with Gasteiger partial charge in [0.2, 0.25) is 0 Å². The first kappa shape index (κ1) is 17.7. The van der Waals surface area contributed by atoms with Crippen LogP contribution in [-0.4, -0.2) is 46.6 Å². The van der Waals surface area contributed by atoms with Gasteiger partial charge in [-0.1, -0.05) is 17.7 Å². The standard InChI is InChI=1S/C18H20BrN3O3/c1-13-4-6-15(7-5-13)24-12-17(23)22-8-2-3-16(11-22)25-18-20-9-14(19)10-21-18/h4-7,9-10,16H,2-3,8,11-12H2,1H3. The second kappa shape index (κ2) is 8.29. The van der Waals surface area contributed by atoms with Crippen LogP contribution >= 0.6 is 15.9 Å². The van der Waals surface area contributed by atoms with Crippen LogP contribution in [0.2, 0.25) is 0 Å². The largest absolute Gasteiger partial charge is 0.484 e. The molecule has 2 heterocycles. The molecular weight excluding hydrogens is 386 g/mol. The van der Waals surface area contributed by atoms with E-state index in [4.69, 9.17) is 9.47 Å². The molecule has 1 aromatic heterocycles. The molecule has 0 N–H and O–H groups in total. The quantitative estimate of drug-likeness (QED) is 0.764. The molecule has 1 unspecified atom stereocenters. The lowest BCUT2D eigenvalue weighted by Crippen LogP contribution is -2.46. The SMILES string of the molecule is Cc1ccc(OCC(=O)N2CCCC(Oc3ncc(Br)cn3)C2)cc1. The summed E-state index contributed by atoms with van der Waals surface area (Å²) >= 11 is 3.29. The lowest BCUT2D eigenvalue weighted by Gasteiger charge is -2.32. The maximum Gasteiger partial charge on any atom is 0.316 e. The van der Waals surface area contributed by atoms with Crippen molar-refractivity contribution in [1.82, 2.24) is 14.9 Å². The first-order valence-electron chi connectivity index (χ1n) is 8.21. The Morgan fingerprint density at radius 2 is 2.00 bits per heavy atom. The van der Waals surface area contributed by atoms with Crippen LogP contribution in [0.5, 0.6) is 11.8 Å². The minimum absolute atomic E-state index is 0.0323. The van der Waals surface area contributed by atoms with Crippen LogP contribution in [-0.2, 0) is 4.79 Å². The molecule has 0 aliphatic carbocycles. The number of rotatable bonds is 5. The van der Waals surface area contributed by atoms with Gasteiger partial charge in [-0.25, -0.2) is 9.97 Å². The number of carbonyl (C=O) groups is 1. The van der Waals surface area contributed by atoms with Crippen molar-refractivity contribution >= 4 is 21.8 Å². The van der Waals surface area contributed by atoms with E-state index in [2.05, 4.69) is 25.9 Å². The van der Waals surface area contributed by atoms with Crippen LogP contribution in [0, 0.1) is 6.92 Å². The van der Waals surface area contributed by atoms with Crippen LogP contribution in [0.3, 0.4) is 0 Å². The number of amides is 1. The number of ether oxygens (including phenoxy) is 2. The lowest BCUT2D eigenvalue weighted by atomic mass is 10.1. The molecule has 25 heavy (non-hydrogen) atoms. The summed E-state index contributed by atoms with van der Waals surface area (Å²) in [5.74, 6) is 0.664. The first-order chi connectivity index (χ1) is 12.1. The molecule has 1 amide bonds. The third-order valence-electron chi connectivity index (χ3n) is 3.98. The highest BCUT2D eigenvalue weighted by atomic mass is 79.9. The molecule has 0 bridgehead atoms. The topological polar surface area (TPSA) is 64.5 Å². The maximum atomic E-state index is 12.4. The van der Waals surface area contributed by atoms with Gasteiger partial charge in [-0.3, -0.25) is 4.79 Å². The van der Waals surface area contributed by atoms with E-state index in [1.807, 2.05) is 31.2 Å². The zero-order valence-electron chi connectivity index (χ0n) is 14.0. The Kier molecular flexibility index (Phi) is 5.86. The first-order valence-corrected chi connectivity index (χ1v) is 9.01. The van der Waals surface area contributed by atoms with E-state index in [-0.39, 0.29) is 18.6 Å². The average Bonchev–Trinajstić information content (AvgIpc) is 2.63. The van der Waals surface area contributed by atoms with E-state index in [1.165, 1.54) is 0 Å². The average molecular weight is 406 g/mol. The summed E-state index contributed by atoms with van der Waals surface area (Å²) in [5, 5.41) is 0. The molecule has 6 nitrogen and oxygen atoms in total. The number of nitrogens with zero attached hydrogens (tertiary/aromatic N) is 3. The summed E-state index contributed by atoms with van der Waals surface area (Å²) in [7, 11) is 0. The summed E-state index contributed by atoms with van der Waals surface area (Å²) in [5.41, 5.74) is 1.16. The van der Waals surface area contributed by atoms with E-state index in [9.17, 15) is 4.79 Å². The highest BCUT2D eigenvalue weighted by Crippen LogP contribution is 2.17. The maximum absolute atomic E-state index is 12.4. The number of carbonyl (C=O) groups excluding carboxylic acids is 1. The summed E-state index contributed by atoms with van der Waals surface area (Å²) in [6.45, 7) is 3.29. The minimum atomic E-state index is -0.0988. The van der Waals surface area contributed by atoms with E-state index in [1.54, 1.807) is 17.3 Å². The Labute approximate surface area is 155 Å². The van der Waals surface area contributed by atoms with E-state index >= 15 is 0 Å². The number of hydrogen-bond acceptors (Lipinski definition) is 5. The van der Waals surface area contributed by atoms with Crippen molar-refractivity contribution in [3.05, 3.63) is 46.7 Å². The van der Waals surface area contributed by atoms with Crippen LogP contribution < -0.4 is 9.47 Å². The van der Waals surface area contributed by atoms with Gasteiger partial charge in [-0.15, -0.1) is 0 Å². The van der Waals surface area contributed by atoms with Gasteiger partial charge in [0.25, 0.3) is 5.91 Å². The monoisotopic (exact) mass is 405 g/mol. The molecule has 2 aromatic rings. The van der Waals surface area contributed by atoms with E-state index < -0.39 is 0 Å². The molecule has 1 atom stereocenters. The number of likely N-dealkylation sites (tertiary alicyclic amines) is 1. The third kappa shape index (κ3) is 5.16. The van der Waals surface area contributed by atoms with Gasteiger partial charge in [0, 0.05) is 18.9 Å². The van der Waals surface area contributed by atoms with E-state index in [0.29, 0.717) is 18.3 Å². The Morgan fingerprint density at radius 3 is 2.72 bits per heavy atom. The summed E-state index contributed by atoms with van der Waals surface area (Å²) in [6.07, 6.45) is 4.95. The molecule has 1 saturated heterocycles. The number of aryl methyl sites for hydroxylation is 1. The van der Waals surface area contributed by atoms with Crippen molar-refractivity contribution in [2.24, 2.45) is 0 Å². The Balaban J connectivity index is 1.50. The second-order valence-electron chi connectivity index (χ2n) is 6.01. The van der Waals surface area contributed by atoms with Gasteiger partial charge in [0.1, 0.15) is 11.9 Å². The molecule has 1 aliphatic heterocycles. The van der Waals surface area contributed by atoms with Crippen LogP contribution in [0.4, 0.5) is 0 Å². The van der Waals surface area contributed by atoms with Crippen LogP contribution in [0.25, 0.3) is 0 Å². The molecule has 1 aromatic carbocycles. The fourth-order valence-electron chi connectivity index (χ4n) is 2.64. The molecule has 0 spiro atoms. The molecule has 3 rings (SSSR count). The van der Waals surface area contributed by atoms with Gasteiger partial charge >= 0.3 is 6.01 Å². The Bertz CT molecular complexity index is 707. The fourth-order valence-corrected chi connectivity index (χ4v) is 2.85. The highest BCUT2D eigenvalue weighted by Gasteiger charge is 2.25. The normalized spacial score (nSPS) is 17.2. The van der Waals surface area contributed by atoms with Crippen molar-refractivity contribution in [3.8, 4) is 11.8 Å². The van der Waals surface area contributed by atoms with Gasteiger partial charge in [0.05, 0.1) is 11.0 Å². The van der Waals surface area contributed by atoms with Crippen molar-refractivity contribution in [1.29, 1.82) is 0 Å². The van der Waals surface area contributed by atoms with Crippen molar-refractivity contribution in [3.63, 3.8) is 0 Å². The number of hydrogen-bond donors (Lipinski definition) is 0. The molecular formula is C18H20BrN3O3. The molecule has 1 aliphatic rings. The molecule has 0 saturated carbocycles. The molecule has 7 heteroatoms. The van der Waals surface area contributed by atoms with Gasteiger partial charge in [-0.2, -0.15) is 0 Å². The molecule has 132 valence electrons. The predicted molar refractivity (Wildman–Crippen MR) is 96.6 cm³/mol. The number of benzene rings is 1. The van der Waals surface area contributed by atoms with Crippen molar-refractivity contribution in [2.45, 2.75) is 25.9 Å². The van der Waals surface area contributed by atoms with Crippen molar-refractivity contribution in [2.75, 3.05) is 19.7 Å². The van der Waals surface area contributed by atoms with Crippen LogP contribution in [0.1, 0.15) is 18.4 Å². The fraction of sp³-hybridized carbons (Fsp3) is 0.389. The smallest absolute Gasteiger partial charge is 0.316 e. The lowest BCUT2D eigenvalue weighted by molar-refractivity contribution is -0.136. The van der Waals surface area contributed by atoms with Gasteiger partial charge in [0.15, 0.2) is 6.61 Å².